The number of ether oxygens (including phenoxy) is 1. The minimum atomic E-state index is -0.967. The lowest BCUT2D eigenvalue weighted by Gasteiger charge is -2.19. The highest BCUT2D eigenvalue weighted by Gasteiger charge is 2.41. The van der Waals surface area contributed by atoms with Crippen LogP contribution < -0.4 is 0 Å². The van der Waals surface area contributed by atoms with E-state index in [1.165, 1.54) is 6.92 Å². The summed E-state index contributed by atoms with van der Waals surface area (Å²) in [4.78, 5) is 38.1. The Labute approximate surface area is 161 Å². The molecule has 1 aromatic carbocycles. The highest BCUT2D eigenvalue weighted by molar-refractivity contribution is 8.18. The highest BCUT2D eigenvalue weighted by Crippen LogP contribution is 2.35. The zero-order valence-corrected chi connectivity index (χ0v) is 15.8. The zero-order chi connectivity index (χ0) is 19.6. The number of fused-ring (bicyclic) bond motifs is 1. The van der Waals surface area contributed by atoms with E-state index in [9.17, 15) is 14.4 Å². The van der Waals surface area contributed by atoms with Crippen LogP contribution in [-0.2, 0) is 20.9 Å². The third-order valence-electron chi connectivity index (χ3n) is 4.21. The predicted octanol–water partition coefficient (Wildman–Crippen LogP) is 3.26. The molecule has 27 heavy (non-hydrogen) atoms. The molecule has 2 heterocycles. The largest absolute Gasteiger partial charge is 0.464 e. The predicted molar refractivity (Wildman–Crippen MR) is 105 cm³/mol. The van der Waals surface area contributed by atoms with Crippen molar-refractivity contribution in [3.05, 3.63) is 40.9 Å². The molecule has 1 saturated heterocycles. The monoisotopic (exact) mass is 382 g/mol. The number of hydrogen-bond acceptors (Lipinski definition) is 5. The van der Waals surface area contributed by atoms with Crippen LogP contribution >= 0.6 is 11.8 Å². The Kier molecular flexibility index (Phi) is 5.38. The van der Waals surface area contributed by atoms with Crippen LogP contribution in [-0.4, -0.2) is 39.2 Å². The Morgan fingerprint density at radius 1 is 1.37 bits per heavy atom. The summed E-state index contributed by atoms with van der Waals surface area (Å²) in [5.41, 5.74) is 1.73. The first-order valence-electron chi connectivity index (χ1n) is 8.43. The SMILES string of the molecule is C#CCn1cc(C=C2SC(=O)N(C(C)C(=O)OCC)C2=O)c2ccccc21. The lowest BCUT2D eigenvalue weighted by molar-refractivity contribution is -0.150. The molecule has 0 aliphatic carbocycles. The second-order valence-corrected chi connectivity index (χ2v) is 6.91. The van der Waals surface area contributed by atoms with Crippen LogP contribution in [0.15, 0.2) is 35.4 Å². The maximum Gasteiger partial charge on any atom is 0.329 e. The van der Waals surface area contributed by atoms with Gasteiger partial charge in [0.05, 0.1) is 18.1 Å². The van der Waals surface area contributed by atoms with Crippen molar-refractivity contribution in [2.75, 3.05) is 6.61 Å². The Bertz CT molecular complexity index is 999. The van der Waals surface area contributed by atoms with Gasteiger partial charge >= 0.3 is 5.97 Å². The number of nitrogens with zero attached hydrogens (tertiary/aromatic N) is 2. The van der Waals surface area contributed by atoms with Gasteiger partial charge in [-0.2, -0.15) is 0 Å². The van der Waals surface area contributed by atoms with Crippen LogP contribution in [0.25, 0.3) is 17.0 Å². The molecule has 0 saturated carbocycles. The number of aromatic nitrogens is 1. The minimum Gasteiger partial charge on any atom is -0.464 e. The van der Waals surface area contributed by atoms with E-state index >= 15 is 0 Å². The fraction of sp³-hybridized carbons (Fsp3) is 0.250. The minimum absolute atomic E-state index is 0.184. The Balaban J connectivity index is 1.96. The lowest BCUT2D eigenvalue weighted by Crippen LogP contribution is -2.42. The Hall–Kier alpha value is -2.98. The van der Waals surface area contributed by atoms with Crippen LogP contribution in [0.5, 0.6) is 0 Å². The van der Waals surface area contributed by atoms with Crippen molar-refractivity contribution >= 4 is 45.9 Å². The molecule has 1 aliphatic heterocycles. The molecule has 7 heteroatoms. The second kappa shape index (κ2) is 7.72. The smallest absolute Gasteiger partial charge is 0.329 e. The molecule has 0 radical (unpaired) electrons. The summed E-state index contributed by atoms with van der Waals surface area (Å²) < 4.78 is 6.83. The van der Waals surface area contributed by atoms with Gasteiger partial charge in [0.1, 0.15) is 6.04 Å². The van der Waals surface area contributed by atoms with Gasteiger partial charge in [-0.3, -0.25) is 14.5 Å². The van der Waals surface area contributed by atoms with Gasteiger partial charge in [-0.25, -0.2) is 4.79 Å². The summed E-state index contributed by atoms with van der Waals surface area (Å²) >= 11 is 0.813. The number of hydrogen-bond donors (Lipinski definition) is 0. The number of rotatable bonds is 5. The normalized spacial score (nSPS) is 16.8. The summed E-state index contributed by atoms with van der Waals surface area (Å²) in [7, 11) is 0. The molecule has 0 N–H and O–H groups in total. The van der Waals surface area contributed by atoms with Crippen LogP contribution in [0.3, 0.4) is 0 Å². The third-order valence-corrected chi connectivity index (χ3v) is 5.09. The fourth-order valence-corrected chi connectivity index (χ4v) is 3.84. The first-order chi connectivity index (χ1) is 13.0. The number of thioether (sulfide) groups is 1. The molecule has 3 rings (SSSR count). The number of amides is 2. The lowest BCUT2D eigenvalue weighted by atomic mass is 10.1. The Morgan fingerprint density at radius 3 is 2.81 bits per heavy atom. The highest BCUT2D eigenvalue weighted by atomic mass is 32.2. The van der Waals surface area contributed by atoms with Gasteiger partial charge in [-0.1, -0.05) is 24.1 Å². The van der Waals surface area contributed by atoms with Crippen LogP contribution in [0.1, 0.15) is 19.4 Å². The molecule has 0 bridgehead atoms. The van der Waals surface area contributed by atoms with Gasteiger partial charge in [0.2, 0.25) is 0 Å². The van der Waals surface area contributed by atoms with Crippen molar-refractivity contribution in [3.63, 3.8) is 0 Å². The van der Waals surface area contributed by atoms with E-state index in [0.29, 0.717) is 6.54 Å². The van der Waals surface area contributed by atoms with E-state index in [-0.39, 0.29) is 11.5 Å². The van der Waals surface area contributed by atoms with E-state index in [2.05, 4.69) is 5.92 Å². The average Bonchev–Trinajstić information content (AvgIpc) is 3.13. The van der Waals surface area contributed by atoms with E-state index in [4.69, 9.17) is 11.2 Å². The van der Waals surface area contributed by atoms with Gasteiger partial charge in [0, 0.05) is 22.7 Å². The molecule has 6 nitrogen and oxygen atoms in total. The van der Waals surface area contributed by atoms with Crippen molar-refractivity contribution < 1.29 is 19.1 Å². The van der Waals surface area contributed by atoms with Crippen LogP contribution in [0.4, 0.5) is 4.79 Å². The van der Waals surface area contributed by atoms with E-state index in [0.717, 1.165) is 33.1 Å². The molecule has 2 aromatic rings. The number of carbonyl (C=O) groups excluding carboxylic acids is 3. The maximum atomic E-state index is 12.7. The van der Waals surface area contributed by atoms with Crippen molar-refractivity contribution in [2.45, 2.75) is 26.4 Å². The average molecular weight is 382 g/mol. The standard InChI is InChI=1S/C20H18N2O4S/c1-4-10-21-12-14(15-8-6-7-9-16(15)21)11-17-18(23)22(20(25)27-17)13(3)19(24)26-5-2/h1,6-9,11-13H,5,10H2,2-3H3. The molecule has 1 aromatic heterocycles. The molecule has 1 aliphatic rings. The topological polar surface area (TPSA) is 68.6 Å². The molecule has 2 amide bonds. The van der Waals surface area contributed by atoms with Crippen molar-refractivity contribution in [1.82, 2.24) is 9.47 Å². The van der Waals surface area contributed by atoms with E-state index in [1.807, 2.05) is 35.0 Å². The zero-order valence-electron chi connectivity index (χ0n) is 15.0. The first kappa shape index (κ1) is 18.8. The summed E-state index contributed by atoms with van der Waals surface area (Å²) in [6.45, 7) is 3.74. The number of terminal acetylenes is 1. The van der Waals surface area contributed by atoms with Gasteiger partial charge in [0.15, 0.2) is 0 Å². The van der Waals surface area contributed by atoms with Crippen molar-refractivity contribution in [3.8, 4) is 12.3 Å². The number of imide groups is 1. The Morgan fingerprint density at radius 2 is 2.11 bits per heavy atom. The van der Waals surface area contributed by atoms with Gasteiger partial charge in [-0.15, -0.1) is 6.42 Å². The summed E-state index contributed by atoms with van der Waals surface area (Å²) in [6.07, 6.45) is 8.95. The summed E-state index contributed by atoms with van der Waals surface area (Å²) in [5.74, 6) is 1.50. The molecule has 0 spiro atoms. The van der Waals surface area contributed by atoms with E-state index in [1.54, 1.807) is 13.0 Å². The number of esters is 1. The molecule has 1 atom stereocenters. The number of carbonyl (C=O) groups is 3. The quantitative estimate of drug-likeness (QED) is 0.451. The second-order valence-electron chi connectivity index (χ2n) is 5.91. The summed E-state index contributed by atoms with van der Waals surface area (Å²) in [6, 6.07) is 6.71. The van der Waals surface area contributed by atoms with E-state index < -0.39 is 23.2 Å². The summed E-state index contributed by atoms with van der Waals surface area (Å²) in [5, 5.41) is 0.442. The van der Waals surface area contributed by atoms with Crippen LogP contribution in [0.2, 0.25) is 0 Å². The maximum absolute atomic E-state index is 12.7. The first-order valence-corrected chi connectivity index (χ1v) is 9.24. The van der Waals surface area contributed by atoms with Crippen molar-refractivity contribution in [2.24, 2.45) is 0 Å². The molecular formula is C20H18N2O4S. The molecule has 138 valence electrons. The number of benzene rings is 1. The number of para-hydroxylation sites is 1. The van der Waals surface area contributed by atoms with Gasteiger partial charge < -0.3 is 9.30 Å². The molecular weight excluding hydrogens is 364 g/mol. The van der Waals surface area contributed by atoms with Gasteiger partial charge in [-0.05, 0) is 37.8 Å². The van der Waals surface area contributed by atoms with Crippen molar-refractivity contribution in [1.29, 1.82) is 0 Å². The fourth-order valence-electron chi connectivity index (χ4n) is 2.94. The molecule has 1 fully saturated rings. The molecule has 1 unspecified atom stereocenters. The van der Waals surface area contributed by atoms with Crippen LogP contribution in [0, 0.1) is 12.3 Å². The van der Waals surface area contributed by atoms with Gasteiger partial charge in [0.25, 0.3) is 11.1 Å². The third kappa shape index (κ3) is 3.49.